The van der Waals surface area contributed by atoms with Crippen molar-refractivity contribution in [3.05, 3.63) is 54.1 Å². The quantitative estimate of drug-likeness (QED) is 0.833. The molecule has 0 unspecified atom stereocenters. The number of rotatable bonds is 6. The van der Waals surface area contributed by atoms with Crippen molar-refractivity contribution in [1.29, 1.82) is 0 Å². The SMILES string of the molecule is CCOC(=O)[C@H](N)Cc1cccc(-c2cccc(OC)c2)c1. The van der Waals surface area contributed by atoms with E-state index in [1.165, 1.54) is 0 Å². The largest absolute Gasteiger partial charge is 0.497 e. The van der Waals surface area contributed by atoms with E-state index < -0.39 is 6.04 Å². The maximum atomic E-state index is 11.6. The van der Waals surface area contributed by atoms with E-state index in [9.17, 15) is 4.79 Å². The summed E-state index contributed by atoms with van der Waals surface area (Å²) in [6.07, 6.45) is 0.455. The van der Waals surface area contributed by atoms with Gasteiger partial charge in [-0.3, -0.25) is 4.79 Å². The zero-order valence-corrected chi connectivity index (χ0v) is 12.9. The predicted octanol–water partition coefficient (Wildman–Crippen LogP) is 2.80. The molecule has 4 nitrogen and oxygen atoms in total. The van der Waals surface area contributed by atoms with Crippen LogP contribution in [0.3, 0.4) is 0 Å². The Labute approximate surface area is 130 Å². The van der Waals surface area contributed by atoms with Crippen molar-refractivity contribution in [2.24, 2.45) is 5.73 Å². The molecular formula is C18H21NO3. The first-order valence-corrected chi connectivity index (χ1v) is 7.29. The molecule has 0 aliphatic carbocycles. The topological polar surface area (TPSA) is 61.5 Å². The van der Waals surface area contributed by atoms with Gasteiger partial charge in [0, 0.05) is 0 Å². The summed E-state index contributed by atoms with van der Waals surface area (Å²) in [6.45, 7) is 2.12. The van der Waals surface area contributed by atoms with Gasteiger partial charge in [0.15, 0.2) is 0 Å². The minimum atomic E-state index is -0.638. The first-order valence-electron chi connectivity index (χ1n) is 7.29. The molecule has 0 aromatic heterocycles. The Balaban J connectivity index is 2.17. The normalized spacial score (nSPS) is 11.8. The van der Waals surface area contributed by atoms with Gasteiger partial charge in [0.1, 0.15) is 11.8 Å². The molecule has 0 aliphatic rings. The Morgan fingerprint density at radius 3 is 2.50 bits per heavy atom. The molecular weight excluding hydrogens is 278 g/mol. The second-order valence-corrected chi connectivity index (χ2v) is 4.99. The van der Waals surface area contributed by atoms with Crippen LogP contribution in [0.1, 0.15) is 12.5 Å². The molecule has 2 aromatic carbocycles. The van der Waals surface area contributed by atoms with Crippen LogP contribution in [0.15, 0.2) is 48.5 Å². The van der Waals surface area contributed by atoms with Gasteiger partial charge in [0.2, 0.25) is 0 Å². The third-order valence-electron chi connectivity index (χ3n) is 3.38. The fraction of sp³-hybridized carbons (Fsp3) is 0.278. The van der Waals surface area contributed by atoms with E-state index in [1.807, 2.05) is 48.5 Å². The molecule has 0 saturated carbocycles. The number of esters is 1. The number of methoxy groups -OCH3 is 1. The fourth-order valence-corrected chi connectivity index (χ4v) is 2.27. The molecule has 0 aliphatic heterocycles. The summed E-state index contributed by atoms with van der Waals surface area (Å²) < 4.78 is 10.2. The van der Waals surface area contributed by atoms with E-state index in [-0.39, 0.29) is 5.97 Å². The maximum absolute atomic E-state index is 11.6. The van der Waals surface area contributed by atoms with E-state index >= 15 is 0 Å². The number of hydrogen-bond donors (Lipinski definition) is 1. The van der Waals surface area contributed by atoms with Crippen LogP contribution in [0.4, 0.5) is 0 Å². The lowest BCUT2D eigenvalue weighted by Gasteiger charge is -2.12. The van der Waals surface area contributed by atoms with Crippen LogP contribution in [-0.4, -0.2) is 25.7 Å². The zero-order chi connectivity index (χ0) is 15.9. The summed E-state index contributed by atoms with van der Waals surface area (Å²) in [5.41, 5.74) is 9.00. The molecule has 2 N–H and O–H groups in total. The number of ether oxygens (including phenoxy) is 2. The number of carbonyl (C=O) groups excluding carboxylic acids is 1. The van der Waals surface area contributed by atoms with Crippen molar-refractivity contribution in [2.75, 3.05) is 13.7 Å². The van der Waals surface area contributed by atoms with Crippen molar-refractivity contribution in [1.82, 2.24) is 0 Å². The summed E-state index contributed by atoms with van der Waals surface area (Å²) in [7, 11) is 1.65. The Bertz CT molecular complexity index is 640. The average molecular weight is 299 g/mol. The van der Waals surface area contributed by atoms with Gasteiger partial charge in [-0.15, -0.1) is 0 Å². The standard InChI is InChI=1S/C18H21NO3/c1-3-22-18(20)17(19)11-13-6-4-7-14(10-13)15-8-5-9-16(12-15)21-2/h4-10,12,17H,3,11,19H2,1-2H3/t17-/m1/s1. The Hall–Kier alpha value is -2.33. The lowest BCUT2D eigenvalue weighted by atomic mass is 9.99. The minimum Gasteiger partial charge on any atom is -0.497 e. The van der Waals surface area contributed by atoms with Crippen LogP contribution >= 0.6 is 0 Å². The van der Waals surface area contributed by atoms with Crippen LogP contribution < -0.4 is 10.5 Å². The summed E-state index contributed by atoms with van der Waals surface area (Å²) in [6, 6.07) is 15.2. The molecule has 4 heteroatoms. The highest BCUT2D eigenvalue weighted by Gasteiger charge is 2.15. The average Bonchev–Trinajstić information content (AvgIpc) is 2.55. The van der Waals surface area contributed by atoms with Crippen LogP contribution in [0.2, 0.25) is 0 Å². The summed E-state index contributed by atoms with van der Waals surface area (Å²) in [5.74, 6) is 0.445. The summed E-state index contributed by atoms with van der Waals surface area (Å²) >= 11 is 0. The van der Waals surface area contributed by atoms with E-state index in [1.54, 1.807) is 14.0 Å². The lowest BCUT2D eigenvalue weighted by molar-refractivity contribution is -0.144. The molecule has 0 spiro atoms. The monoisotopic (exact) mass is 299 g/mol. The van der Waals surface area contributed by atoms with Crippen molar-refractivity contribution < 1.29 is 14.3 Å². The number of nitrogens with two attached hydrogens (primary N) is 1. The van der Waals surface area contributed by atoms with E-state index in [0.717, 1.165) is 22.4 Å². The van der Waals surface area contributed by atoms with Crippen molar-refractivity contribution in [3.8, 4) is 16.9 Å². The highest BCUT2D eigenvalue weighted by molar-refractivity contribution is 5.76. The van der Waals surface area contributed by atoms with E-state index in [2.05, 4.69) is 0 Å². The fourth-order valence-electron chi connectivity index (χ4n) is 2.27. The Kier molecular flexibility index (Phi) is 5.55. The van der Waals surface area contributed by atoms with Gasteiger partial charge in [-0.25, -0.2) is 0 Å². The first-order chi connectivity index (χ1) is 10.6. The summed E-state index contributed by atoms with van der Waals surface area (Å²) in [4.78, 5) is 11.6. The highest BCUT2D eigenvalue weighted by atomic mass is 16.5. The molecule has 0 fully saturated rings. The molecule has 22 heavy (non-hydrogen) atoms. The van der Waals surface area contributed by atoms with Crippen molar-refractivity contribution >= 4 is 5.97 Å². The third kappa shape index (κ3) is 4.09. The summed E-state index contributed by atoms with van der Waals surface area (Å²) in [5, 5.41) is 0. The van der Waals surface area contributed by atoms with Gasteiger partial charge in [-0.1, -0.05) is 36.4 Å². The molecule has 0 amide bonds. The van der Waals surface area contributed by atoms with Gasteiger partial charge in [0.25, 0.3) is 0 Å². The number of hydrogen-bond acceptors (Lipinski definition) is 4. The van der Waals surface area contributed by atoms with Gasteiger partial charge in [-0.05, 0) is 42.2 Å². The highest BCUT2D eigenvalue weighted by Crippen LogP contribution is 2.24. The molecule has 116 valence electrons. The van der Waals surface area contributed by atoms with Crippen molar-refractivity contribution in [3.63, 3.8) is 0 Å². The molecule has 2 aromatic rings. The van der Waals surface area contributed by atoms with Crippen LogP contribution in [0.5, 0.6) is 5.75 Å². The van der Waals surface area contributed by atoms with E-state index in [0.29, 0.717) is 13.0 Å². The smallest absolute Gasteiger partial charge is 0.323 e. The van der Waals surface area contributed by atoms with Gasteiger partial charge in [0.05, 0.1) is 13.7 Å². The van der Waals surface area contributed by atoms with Crippen LogP contribution in [0.25, 0.3) is 11.1 Å². The zero-order valence-electron chi connectivity index (χ0n) is 12.9. The molecule has 0 heterocycles. The maximum Gasteiger partial charge on any atom is 0.323 e. The van der Waals surface area contributed by atoms with Crippen molar-refractivity contribution in [2.45, 2.75) is 19.4 Å². The molecule has 0 saturated heterocycles. The van der Waals surface area contributed by atoms with Gasteiger partial charge >= 0.3 is 5.97 Å². The van der Waals surface area contributed by atoms with Gasteiger partial charge < -0.3 is 15.2 Å². The Morgan fingerprint density at radius 2 is 1.82 bits per heavy atom. The third-order valence-corrected chi connectivity index (χ3v) is 3.38. The van der Waals surface area contributed by atoms with Crippen LogP contribution in [0, 0.1) is 0 Å². The Morgan fingerprint density at radius 1 is 1.14 bits per heavy atom. The molecule has 0 radical (unpaired) electrons. The predicted molar refractivity (Wildman–Crippen MR) is 86.7 cm³/mol. The van der Waals surface area contributed by atoms with Crippen LogP contribution in [-0.2, 0) is 16.0 Å². The van der Waals surface area contributed by atoms with Gasteiger partial charge in [-0.2, -0.15) is 0 Å². The van der Waals surface area contributed by atoms with E-state index in [4.69, 9.17) is 15.2 Å². The second-order valence-electron chi connectivity index (χ2n) is 4.99. The lowest BCUT2D eigenvalue weighted by Crippen LogP contribution is -2.34. The molecule has 1 atom stereocenters. The molecule has 2 rings (SSSR count). The first kappa shape index (κ1) is 16.0. The minimum absolute atomic E-state index is 0.344. The number of carbonyl (C=O) groups is 1. The molecule has 0 bridgehead atoms. The second kappa shape index (κ2) is 7.61. The number of benzene rings is 2.